The Hall–Kier alpha value is -3.21. The number of carbonyl (C=O) groups is 1. The Balaban J connectivity index is 1.26. The molecular weight excluding hydrogens is 396 g/mol. The van der Waals surface area contributed by atoms with Crippen LogP contribution in [0.1, 0.15) is 44.1 Å². The van der Waals surface area contributed by atoms with Gasteiger partial charge in [0.1, 0.15) is 5.69 Å². The Kier molecular flexibility index (Phi) is 4.71. The molecule has 1 aromatic heterocycles. The molecule has 32 heavy (non-hydrogen) atoms. The van der Waals surface area contributed by atoms with Gasteiger partial charge in [0.05, 0.1) is 17.3 Å². The molecule has 4 aliphatic rings. The van der Waals surface area contributed by atoms with Crippen LogP contribution in [0.2, 0.25) is 0 Å². The Morgan fingerprint density at radius 1 is 0.938 bits per heavy atom. The molecule has 5 nitrogen and oxygen atoms in total. The Labute approximate surface area is 188 Å². The van der Waals surface area contributed by atoms with E-state index < -0.39 is 0 Å². The zero-order chi connectivity index (χ0) is 21.5. The third kappa shape index (κ3) is 3.46. The molecule has 0 saturated heterocycles. The van der Waals surface area contributed by atoms with Crippen LogP contribution in [0.15, 0.2) is 72.0 Å². The minimum Gasteiger partial charge on any atom is -0.273 e. The predicted octanol–water partition coefficient (Wildman–Crippen LogP) is 5.21. The Bertz CT molecular complexity index is 1110. The number of nitrogens with one attached hydrogen (secondary N) is 1. The first-order valence-electron chi connectivity index (χ1n) is 11.7. The molecule has 4 aliphatic carbocycles. The van der Waals surface area contributed by atoms with E-state index in [4.69, 9.17) is 5.10 Å². The monoisotopic (exact) mass is 424 g/mol. The lowest BCUT2D eigenvalue weighted by Crippen LogP contribution is -2.52. The van der Waals surface area contributed by atoms with Crippen LogP contribution in [0.3, 0.4) is 0 Å². The number of benzene rings is 2. The van der Waals surface area contributed by atoms with Crippen molar-refractivity contribution in [3.63, 3.8) is 0 Å². The van der Waals surface area contributed by atoms with Gasteiger partial charge in [-0.15, -0.1) is 0 Å². The molecule has 5 heteroatoms. The second-order valence-electron chi connectivity index (χ2n) is 9.98. The van der Waals surface area contributed by atoms with E-state index in [1.54, 1.807) is 6.21 Å². The number of rotatable bonds is 5. The highest BCUT2D eigenvalue weighted by molar-refractivity contribution is 5.90. The van der Waals surface area contributed by atoms with E-state index in [2.05, 4.69) is 10.5 Å². The molecule has 0 atom stereocenters. The fourth-order valence-electron chi connectivity index (χ4n) is 6.68. The van der Waals surface area contributed by atoms with E-state index in [0.29, 0.717) is 0 Å². The maximum atomic E-state index is 13.2. The molecule has 7 rings (SSSR count). The summed E-state index contributed by atoms with van der Waals surface area (Å²) >= 11 is 0. The van der Waals surface area contributed by atoms with Crippen LogP contribution in [0.25, 0.3) is 16.9 Å². The number of hydrogen-bond donors (Lipinski definition) is 1. The largest absolute Gasteiger partial charge is 0.273 e. The molecule has 1 heterocycles. The molecule has 0 spiro atoms. The summed E-state index contributed by atoms with van der Waals surface area (Å²) in [5, 5.41) is 9.23. The first kappa shape index (κ1) is 19.5. The summed E-state index contributed by atoms with van der Waals surface area (Å²) in [7, 11) is 0. The minimum atomic E-state index is -0.192. The smallest absolute Gasteiger partial charge is 0.246 e. The molecule has 3 aromatic rings. The molecule has 1 amide bonds. The van der Waals surface area contributed by atoms with Crippen molar-refractivity contribution in [1.29, 1.82) is 0 Å². The summed E-state index contributed by atoms with van der Waals surface area (Å²) in [5.41, 5.74) is 6.46. The SMILES string of the molecule is O=C(N/N=C/c1cn(-c2ccccc2)nc1-c1ccccc1)C12CC3CC(CC(C3)C1)C2. The van der Waals surface area contributed by atoms with Gasteiger partial charge in [0.25, 0.3) is 0 Å². The van der Waals surface area contributed by atoms with Gasteiger partial charge in [-0.1, -0.05) is 48.5 Å². The van der Waals surface area contributed by atoms with Crippen molar-refractivity contribution in [3.05, 3.63) is 72.4 Å². The quantitative estimate of drug-likeness (QED) is 0.452. The van der Waals surface area contributed by atoms with Gasteiger partial charge in [-0.3, -0.25) is 4.79 Å². The first-order chi connectivity index (χ1) is 15.7. The molecule has 0 aliphatic heterocycles. The average molecular weight is 425 g/mol. The highest BCUT2D eigenvalue weighted by Crippen LogP contribution is 2.60. The summed E-state index contributed by atoms with van der Waals surface area (Å²) in [6.45, 7) is 0. The van der Waals surface area contributed by atoms with Gasteiger partial charge in [-0.05, 0) is 68.4 Å². The number of hydrazone groups is 1. The number of hydrogen-bond acceptors (Lipinski definition) is 3. The second-order valence-corrected chi connectivity index (χ2v) is 9.98. The van der Waals surface area contributed by atoms with Crippen LogP contribution >= 0.6 is 0 Å². The van der Waals surface area contributed by atoms with E-state index in [-0.39, 0.29) is 11.3 Å². The maximum absolute atomic E-state index is 13.2. The maximum Gasteiger partial charge on any atom is 0.246 e. The molecule has 0 unspecified atom stereocenters. The predicted molar refractivity (Wildman–Crippen MR) is 125 cm³/mol. The van der Waals surface area contributed by atoms with Crippen molar-refractivity contribution in [2.24, 2.45) is 28.3 Å². The van der Waals surface area contributed by atoms with E-state index in [9.17, 15) is 4.79 Å². The van der Waals surface area contributed by atoms with Crippen LogP contribution < -0.4 is 5.43 Å². The van der Waals surface area contributed by atoms with Gasteiger partial charge in [0.15, 0.2) is 0 Å². The summed E-state index contributed by atoms with van der Waals surface area (Å²) in [6.07, 6.45) is 10.8. The average Bonchev–Trinajstić information content (AvgIpc) is 3.23. The van der Waals surface area contributed by atoms with Crippen LogP contribution in [-0.2, 0) is 4.79 Å². The first-order valence-corrected chi connectivity index (χ1v) is 11.7. The van der Waals surface area contributed by atoms with Gasteiger partial charge in [-0.25, -0.2) is 10.1 Å². The lowest BCUT2D eigenvalue weighted by Gasteiger charge is -2.55. The van der Waals surface area contributed by atoms with E-state index in [1.807, 2.05) is 71.5 Å². The van der Waals surface area contributed by atoms with Gasteiger partial charge in [-0.2, -0.15) is 10.2 Å². The van der Waals surface area contributed by atoms with Crippen LogP contribution in [-0.4, -0.2) is 21.9 Å². The molecular formula is C27H28N4O. The number of amides is 1. The van der Waals surface area contributed by atoms with Crippen LogP contribution in [0.4, 0.5) is 0 Å². The van der Waals surface area contributed by atoms with Crippen molar-refractivity contribution in [2.75, 3.05) is 0 Å². The van der Waals surface area contributed by atoms with Crippen molar-refractivity contribution < 1.29 is 4.79 Å². The molecule has 0 radical (unpaired) electrons. The topological polar surface area (TPSA) is 59.3 Å². The normalized spacial score (nSPS) is 28.3. The zero-order valence-corrected chi connectivity index (χ0v) is 18.2. The van der Waals surface area contributed by atoms with Gasteiger partial charge in [0, 0.05) is 17.3 Å². The number of nitrogens with zero attached hydrogens (tertiary/aromatic N) is 3. The van der Waals surface area contributed by atoms with Crippen molar-refractivity contribution in [1.82, 2.24) is 15.2 Å². The zero-order valence-electron chi connectivity index (χ0n) is 18.2. The molecule has 162 valence electrons. The highest BCUT2D eigenvalue weighted by atomic mass is 16.2. The molecule has 4 fully saturated rings. The molecule has 4 saturated carbocycles. The Morgan fingerprint density at radius 2 is 1.53 bits per heavy atom. The van der Waals surface area contributed by atoms with Gasteiger partial charge in [0.2, 0.25) is 5.91 Å². The fraction of sp³-hybridized carbons (Fsp3) is 0.370. The number of aromatic nitrogens is 2. The highest BCUT2D eigenvalue weighted by Gasteiger charge is 2.54. The Morgan fingerprint density at radius 3 is 2.16 bits per heavy atom. The summed E-state index contributed by atoms with van der Waals surface area (Å²) < 4.78 is 1.87. The lowest BCUT2D eigenvalue weighted by atomic mass is 9.49. The van der Waals surface area contributed by atoms with E-state index in [1.165, 1.54) is 19.3 Å². The summed E-state index contributed by atoms with van der Waals surface area (Å²) in [4.78, 5) is 13.2. The summed E-state index contributed by atoms with van der Waals surface area (Å²) in [6, 6.07) is 20.1. The third-order valence-electron chi connectivity index (χ3n) is 7.70. The van der Waals surface area contributed by atoms with Crippen LogP contribution in [0.5, 0.6) is 0 Å². The van der Waals surface area contributed by atoms with E-state index in [0.717, 1.165) is 59.5 Å². The van der Waals surface area contributed by atoms with E-state index >= 15 is 0 Å². The third-order valence-corrected chi connectivity index (χ3v) is 7.70. The minimum absolute atomic E-state index is 0.115. The number of para-hydroxylation sites is 1. The van der Waals surface area contributed by atoms with Crippen molar-refractivity contribution >= 4 is 12.1 Å². The van der Waals surface area contributed by atoms with Crippen LogP contribution in [0, 0.1) is 23.2 Å². The van der Waals surface area contributed by atoms with Gasteiger partial charge < -0.3 is 0 Å². The fourth-order valence-corrected chi connectivity index (χ4v) is 6.68. The van der Waals surface area contributed by atoms with Crippen molar-refractivity contribution in [3.8, 4) is 16.9 Å². The second kappa shape index (κ2) is 7.73. The lowest BCUT2D eigenvalue weighted by molar-refractivity contribution is -0.146. The molecule has 1 N–H and O–H groups in total. The van der Waals surface area contributed by atoms with Gasteiger partial charge >= 0.3 is 0 Å². The number of carbonyl (C=O) groups excluding carboxylic acids is 1. The molecule has 2 aromatic carbocycles. The standard InChI is InChI=1S/C27H28N4O/c32-26(27-14-19-11-20(15-27)13-21(12-19)16-27)29-28-17-23-18-31(24-9-5-2-6-10-24)30-25(23)22-7-3-1-4-8-22/h1-10,17-21H,11-16H2,(H,29,32)/b28-17+. The van der Waals surface area contributed by atoms with Crippen molar-refractivity contribution in [2.45, 2.75) is 38.5 Å². The summed E-state index contributed by atoms with van der Waals surface area (Å²) in [5.74, 6) is 2.34. The molecule has 4 bridgehead atoms.